The van der Waals surface area contributed by atoms with E-state index in [-0.39, 0.29) is 11.9 Å². The quantitative estimate of drug-likeness (QED) is 0.892. The van der Waals surface area contributed by atoms with Crippen LogP contribution in [0.3, 0.4) is 0 Å². The summed E-state index contributed by atoms with van der Waals surface area (Å²) in [5, 5.41) is 13.8. The van der Waals surface area contributed by atoms with E-state index in [9.17, 15) is 9.90 Å². The minimum absolute atomic E-state index is 0.0825. The fourth-order valence-corrected chi connectivity index (χ4v) is 3.20. The van der Waals surface area contributed by atoms with Gasteiger partial charge in [-0.15, -0.1) is 11.3 Å². The first-order chi connectivity index (χ1) is 9.47. The third kappa shape index (κ3) is 3.70. The number of aliphatic hydroxyl groups excluding tert-OH is 1. The van der Waals surface area contributed by atoms with Crippen molar-refractivity contribution in [2.75, 3.05) is 19.6 Å². The molecule has 0 bridgehead atoms. The zero-order valence-electron chi connectivity index (χ0n) is 12.3. The van der Waals surface area contributed by atoms with Crippen molar-refractivity contribution in [1.82, 2.24) is 15.2 Å². The monoisotopic (exact) mass is 297 g/mol. The van der Waals surface area contributed by atoms with E-state index >= 15 is 0 Å². The molecule has 2 atom stereocenters. The Labute approximate surface area is 124 Å². The molecule has 0 saturated carbocycles. The molecule has 2 amide bonds. The number of aliphatic hydroxyl groups is 1. The Morgan fingerprint density at radius 1 is 1.55 bits per heavy atom. The Morgan fingerprint density at radius 2 is 2.30 bits per heavy atom. The molecule has 1 saturated heterocycles. The van der Waals surface area contributed by atoms with E-state index in [4.69, 9.17) is 0 Å². The molecule has 2 unspecified atom stereocenters. The number of β-amino-alcohol motifs (C(OH)–C–C–N with tert-alkyl or cyclic N) is 1. The van der Waals surface area contributed by atoms with Crippen LogP contribution < -0.4 is 5.32 Å². The summed E-state index contributed by atoms with van der Waals surface area (Å²) in [6, 6.07) is -0.0825. The third-order valence-electron chi connectivity index (χ3n) is 3.89. The molecule has 0 spiro atoms. The summed E-state index contributed by atoms with van der Waals surface area (Å²) in [7, 11) is 0. The third-order valence-corrected chi connectivity index (χ3v) is 5.03. The minimum atomic E-state index is -0.404. The van der Waals surface area contributed by atoms with Crippen LogP contribution in [0.1, 0.15) is 28.9 Å². The number of carbonyl (C=O) groups excluding carboxylic acids is 1. The Morgan fingerprint density at radius 3 is 2.90 bits per heavy atom. The van der Waals surface area contributed by atoms with Gasteiger partial charge in [0.15, 0.2) is 0 Å². The van der Waals surface area contributed by atoms with Gasteiger partial charge in [0.2, 0.25) is 0 Å². The minimum Gasteiger partial charge on any atom is -0.391 e. The fourth-order valence-electron chi connectivity index (χ4n) is 2.27. The van der Waals surface area contributed by atoms with Crippen LogP contribution in [0, 0.1) is 19.8 Å². The highest BCUT2D eigenvalue weighted by Gasteiger charge is 2.26. The smallest absolute Gasteiger partial charge is 0.317 e. The van der Waals surface area contributed by atoms with E-state index in [0.717, 1.165) is 30.1 Å². The van der Waals surface area contributed by atoms with Crippen LogP contribution >= 0.6 is 11.3 Å². The predicted octanol–water partition coefficient (Wildman–Crippen LogP) is 1.71. The number of amides is 2. The van der Waals surface area contributed by atoms with Gasteiger partial charge in [-0.3, -0.25) is 0 Å². The van der Waals surface area contributed by atoms with Crippen LogP contribution in [0.15, 0.2) is 0 Å². The molecular weight excluding hydrogens is 274 g/mol. The molecule has 5 nitrogen and oxygen atoms in total. The van der Waals surface area contributed by atoms with Crippen molar-refractivity contribution >= 4 is 17.4 Å². The van der Waals surface area contributed by atoms with Gasteiger partial charge in [0.1, 0.15) is 0 Å². The Bertz CT molecular complexity index is 455. The van der Waals surface area contributed by atoms with Gasteiger partial charge in [-0.05, 0) is 26.2 Å². The number of aromatic nitrogens is 1. The summed E-state index contributed by atoms with van der Waals surface area (Å²) in [6.45, 7) is 7.83. The molecule has 1 aliphatic rings. The second kappa shape index (κ2) is 6.54. The second-order valence-electron chi connectivity index (χ2n) is 5.51. The fraction of sp³-hybridized carbons (Fsp3) is 0.714. The van der Waals surface area contributed by atoms with Crippen molar-refractivity contribution in [3.63, 3.8) is 0 Å². The lowest BCUT2D eigenvalue weighted by Crippen LogP contribution is -2.49. The van der Waals surface area contributed by atoms with E-state index in [1.54, 1.807) is 16.2 Å². The summed E-state index contributed by atoms with van der Waals surface area (Å²) in [4.78, 5) is 19.4. The first-order valence-corrected chi connectivity index (χ1v) is 7.92. The SMILES string of the molecule is Cc1nc(CCNC(=O)N2CCC(C)C(O)C2)sc1C. The normalized spacial score (nSPS) is 22.9. The Kier molecular flexibility index (Phi) is 4.99. The van der Waals surface area contributed by atoms with Crippen molar-refractivity contribution in [2.45, 2.75) is 39.7 Å². The molecule has 1 aliphatic heterocycles. The number of rotatable bonds is 3. The van der Waals surface area contributed by atoms with Crippen molar-refractivity contribution < 1.29 is 9.90 Å². The van der Waals surface area contributed by atoms with E-state index in [0.29, 0.717) is 13.1 Å². The average molecular weight is 297 g/mol. The van der Waals surface area contributed by atoms with Crippen LogP contribution in [-0.4, -0.2) is 46.8 Å². The maximum Gasteiger partial charge on any atom is 0.317 e. The van der Waals surface area contributed by atoms with Crippen molar-refractivity contribution in [2.24, 2.45) is 5.92 Å². The summed E-state index contributed by atoms with van der Waals surface area (Å²) < 4.78 is 0. The molecule has 2 N–H and O–H groups in total. The molecule has 2 rings (SSSR count). The standard InChI is InChI=1S/C14H23N3O2S/c1-9-5-7-17(8-12(9)18)14(19)15-6-4-13-16-10(2)11(3)20-13/h9,12,18H,4-8H2,1-3H3,(H,15,19). The van der Waals surface area contributed by atoms with E-state index < -0.39 is 6.10 Å². The van der Waals surface area contributed by atoms with Crippen LogP contribution in [-0.2, 0) is 6.42 Å². The Balaban J connectivity index is 1.75. The van der Waals surface area contributed by atoms with Gasteiger partial charge in [-0.25, -0.2) is 9.78 Å². The maximum atomic E-state index is 12.0. The van der Waals surface area contributed by atoms with Crippen LogP contribution in [0.5, 0.6) is 0 Å². The highest BCUT2D eigenvalue weighted by atomic mass is 32.1. The van der Waals surface area contributed by atoms with Gasteiger partial charge >= 0.3 is 6.03 Å². The zero-order chi connectivity index (χ0) is 14.7. The lowest BCUT2D eigenvalue weighted by atomic mass is 9.96. The van der Waals surface area contributed by atoms with Gasteiger partial charge in [0.25, 0.3) is 0 Å². The summed E-state index contributed by atoms with van der Waals surface area (Å²) in [5.41, 5.74) is 1.07. The lowest BCUT2D eigenvalue weighted by molar-refractivity contribution is 0.0436. The van der Waals surface area contributed by atoms with Crippen molar-refractivity contribution in [3.05, 3.63) is 15.6 Å². The summed E-state index contributed by atoms with van der Waals surface area (Å²) >= 11 is 1.69. The number of thiazole rings is 1. The predicted molar refractivity (Wildman–Crippen MR) is 80.1 cm³/mol. The number of urea groups is 1. The maximum absolute atomic E-state index is 12.0. The molecule has 0 aliphatic carbocycles. The first-order valence-electron chi connectivity index (χ1n) is 7.11. The van der Waals surface area contributed by atoms with E-state index in [1.807, 2.05) is 13.8 Å². The molecule has 2 heterocycles. The number of piperidine rings is 1. The van der Waals surface area contributed by atoms with E-state index in [2.05, 4.69) is 17.2 Å². The number of likely N-dealkylation sites (tertiary alicyclic amines) is 1. The highest BCUT2D eigenvalue weighted by Crippen LogP contribution is 2.18. The van der Waals surface area contributed by atoms with Crippen LogP contribution in [0.4, 0.5) is 4.79 Å². The van der Waals surface area contributed by atoms with Gasteiger partial charge in [0, 0.05) is 30.9 Å². The van der Waals surface area contributed by atoms with Crippen LogP contribution in [0.2, 0.25) is 0 Å². The Hall–Kier alpha value is -1.14. The van der Waals surface area contributed by atoms with Crippen molar-refractivity contribution in [1.29, 1.82) is 0 Å². The van der Waals surface area contributed by atoms with E-state index in [1.165, 1.54) is 4.88 Å². The number of aryl methyl sites for hydroxylation is 2. The molecule has 0 aromatic carbocycles. The first kappa shape index (κ1) is 15.3. The number of nitrogens with zero attached hydrogens (tertiary/aromatic N) is 2. The lowest BCUT2D eigenvalue weighted by Gasteiger charge is -2.34. The van der Waals surface area contributed by atoms with Crippen LogP contribution in [0.25, 0.3) is 0 Å². The molecule has 1 aromatic rings. The molecule has 6 heteroatoms. The largest absolute Gasteiger partial charge is 0.391 e. The number of carbonyl (C=O) groups is 1. The molecule has 0 radical (unpaired) electrons. The molecular formula is C14H23N3O2S. The molecule has 1 fully saturated rings. The summed E-state index contributed by atoms with van der Waals surface area (Å²) in [6.07, 6.45) is 1.22. The molecule has 112 valence electrons. The van der Waals surface area contributed by atoms with Gasteiger partial charge in [0.05, 0.1) is 16.8 Å². The summed E-state index contributed by atoms with van der Waals surface area (Å²) in [5.74, 6) is 0.278. The highest BCUT2D eigenvalue weighted by molar-refractivity contribution is 7.11. The second-order valence-corrected chi connectivity index (χ2v) is 6.80. The molecule has 1 aromatic heterocycles. The average Bonchev–Trinajstić information content (AvgIpc) is 2.72. The van der Waals surface area contributed by atoms with Gasteiger partial charge in [-0.1, -0.05) is 6.92 Å². The molecule has 20 heavy (non-hydrogen) atoms. The number of hydrogen-bond acceptors (Lipinski definition) is 4. The van der Waals surface area contributed by atoms with Gasteiger partial charge < -0.3 is 15.3 Å². The van der Waals surface area contributed by atoms with Gasteiger partial charge in [-0.2, -0.15) is 0 Å². The zero-order valence-corrected chi connectivity index (χ0v) is 13.2. The number of hydrogen-bond donors (Lipinski definition) is 2. The van der Waals surface area contributed by atoms with Crippen molar-refractivity contribution in [3.8, 4) is 0 Å². The topological polar surface area (TPSA) is 65.5 Å². The number of nitrogens with one attached hydrogen (secondary N) is 1.